The standard InChI is InChI=1S/C26H33N3O3/c1-20(30)28-15-13-26(19-28,17-22-16-23(27-32-22)21-8-4-2-5-9-21)24(31)29-14-12-25(18-29)10-6-3-7-11-25/h2,4-5,8-9,16H,3,6-7,10-15,17-19H2,1H3. The lowest BCUT2D eigenvalue weighted by Crippen LogP contribution is -2.47. The van der Waals surface area contributed by atoms with Crippen molar-refractivity contribution < 1.29 is 14.1 Å². The molecule has 1 atom stereocenters. The summed E-state index contributed by atoms with van der Waals surface area (Å²) in [4.78, 5) is 30.0. The van der Waals surface area contributed by atoms with Crippen LogP contribution in [0.2, 0.25) is 0 Å². The van der Waals surface area contributed by atoms with Crippen LogP contribution in [-0.2, 0) is 16.0 Å². The van der Waals surface area contributed by atoms with E-state index in [1.165, 1.54) is 32.1 Å². The van der Waals surface area contributed by atoms with E-state index >= 15 is 0 Å². The number of rotatable bonds is 4. The first kappa shape index (κ1) is 21.2. The molecule has 1 aromatic carbocycles. The van der Waals surface area contributed by atoms with Gasteiger partial charge in [0.1, 0.15) is 11.5 Å². The highest BCUT2D eigenvalue weighted by Crippen LogP contribution is 2.46. The molecule has 0 radical (unpaired) electrons. The summed E-state index contributed by atoms with van der Waals surface area (Å²) in [5, 5.41) is 4.26. The normalized spacial score (nSPS) is 24.9. The second kappa shape index (κ2) is 8.38. The molecule has 5 rings (SSSR count). The first-order valence-corrected chi connectivity index (χ1v) is 12.0. The highest BCUT2D eigenvalue weighted by Gasteiger charge is 2.51. The summed E-state index contributed by atoms with van der Waals surface area (Å²) < 4.78 is 5.70. The van der Waals surface area contributed by atoms with Crippen molar-refractivity contribution in [1.29, 1.82) is 0 Å². The number of likely N-dealkylation sites (tertiary alicyclic amines) is 2. The summed E-state index contributed by atoms with van der Waals surface area (Å²) in [5.41, 5.74) is 1.48. The van der Waals surface area contributed by atoms with Gasteiger partial charge in [-0.25, -0.2) is 0 Å². The molecule has 170 valence electrons. The Hall–Kier alpha value is -2.63. The van der Waals surface area contributed by atoms with E-state index in [2.05, 4.69) is 10.1 Å². The van der Waals surface area contributed by atoms with Crippen molar-refractivity contribution in [3.05, 3.63) is 42.2 Å². The molecule has 0 N–H and O–H groups in total. The fourth-order valence-corrected chi connectivity index (χ4v) is 6.16. The second-order valence-electron chi connectivity index (χ2n) is 10.2. The molecule has 1 unspecified atom stereocenters. The van der Waals surface area contributed by atoms with Crippen LogP contribution in [0.3, 0.4) is 0 Å². The van der Waals surface area contributed by atoms with Crippen molar-refractivity contribution in [2.24, 2.45) is 10.8 Å². The van der Waals surface area contributed by atoms with E-state index < -0.39 is 5.41 Å². The molecule has 3 fully saturated rings. The fourth-order valence-electron chi connectivity index (χ4n) is 6.16. The zero-order valence-electron chi connectivity index (χ0n) is 19.0. The van der Waals surface area contributed by atoms with E-state index in [1.54, 1.807) is 6.92 Å². The lowest BCUT2D eigenvalue weighted by Gasteiger charge is -2.35. The van der Waals surface area contributed by atoms with Crippen LogP contribution in [0.1, 0.15) is 57.6 Å². The first-order valence-electron chi connectivity index (χ1n) is 12.0. The zero-order valence-corrected chi connectivity index (χ0v) is 19.0. The Balaban J connectivity index is 1.38. The SMILES string of the molecule is CC(=O)N1CCC(Cc2cc(-c3ccccc3)no2)(C(=O)N2CCC3(CCCCC3)C2)C1. The van der Waals surface area contributed by atoms with Gasteiger partial charge < -0.3 is 14.3 Å². The summed E-state index contributed by atoms with van der Waals surface area (Å²) >= 11 is 0. The number of benzene rings is 1. The van der Waals surface area contributed by atoms with Crippen molar-refractivity contribution in [3.8, 4) is 11.3 Å². The third-order valence-corrected chi connectivity index (χ3v) is 8.03. The van der Waals surface area contributed by atoms with Crippen LogP contribution in [0, 0.1) is 10.8 Å². The summed E-state index contributed by atoms with van der Waals surface area (Å²) in [6.45, 7) is 4.40. The van der Waals surface area contributed by atoms with Gasteiger partial charge in [0.25, 0.3) is 0 Å². The lowest BCUT2D eigenvalue weighted by molar-refractivity contribution is -0.141. The van der Waals surface area contributed by atoms with E-state index in [0.29, 0.717) is 37.1 Å². The van der Waals surface area contributed by atoms with Crippen LogP contribution in [0.4, 0.5) is 0 Å². The summed E-state index contributed by atoms with van der Waals surface area (Å²) in [5.74, 6) is 0.947. The maximum Gasteiger partial charge on any atom is 0.231 e. The summed E-state index contributed by atoms with van der Waals surface area (Å²) in [6, 6.07) is 11.9. The van der Waals surface area contributed by atoms with Gasteiger partial charge >= 0.3 is 0 Å². The predicted molar refractivity (Wildman–Crippen MR) is 122 cm³/mol. The Bertz CT molecular complexity index is 979. The van der Waals surface area contributed by atoms with E-state index in [9.17, 15) is 9.59 Å². The van der Waals surface area contributed by atoms with Crippen LogP contribution in [0.25, 0.3) is 11.3 Å². The average molecular weight is 436 g/mol. The molecule has 2 amide bonds. The Morgan fingerprint density at radius 1 is 0.969 bits per heavy atom. The molecule has 1 saturated carbocycles. The molecule has 6 nitrogen and oxygen atoms in total. The number of nitrogens with zero attached hydrogens (tertiary/aromatic N) is 3. The number of aromatic nitrogens is 1. The third kappa shape index (κ3) is 3.96. The van der Waals surface area contributed by atoms with Crippen LogP contribution in [0.5, 0.6) is 0 Å². The van der Waals surface area contributed by atoms with Crippen LogP contribution >= 0.6 is 0 Å². The van der Waals surface area contributed by atoms with Crippen molar-refractivity contribution in [1.82, 2.24) is 15.0 Å². The topological polar surface area (TPSA) is 66.7 Å². The van der Waals surface area contributed by atoms with Gasteiger partial charge in [-0.3, -0.25) is 9.59 Å². The number of hydrogen-bond acceptors (Lipinski definition) is 4. The molecule has 6 heteroatoms. The van der Waals surface area contributed by atoms with Gasteiger partial charge in [0.2, 0.25) is 11.8 Å². The largest absolute Gasteiger partial charge is 0.361 e. The fraction of sp³-hybridized carbons (Fsp3) is 0.577. The highest BCUT2D eigenvalue weighted by atomic mass is 16.5. The summed E-state index contributed by atoms with van der Waals surface area (Å²) in [7, 11) is 0. The maximum absolute atomic E-state index is 14.0. The molecule has 2 aromatic rings. The number of amides is 2. The molecule has 2 saturated heterocycles. The Morgan fingerprint density at radius 3 is 2.44 bits per heavy atom. The Labute approximate surface area is 189 Å². The molecule has 2 aliphatic heterocycles. The first-order chi connectivity index (χ1) is 15.5. The van der Waals surface area contributed by atoms with Crippen molar-refractivity contribution in [2.45, 2.75) is 58.3 Å². The van der Waals surface area contributed by atoms with Crippen molar-refractivity contribution in [2.75, 3.05) is 26.2 Å². The molecule has 32 heavy (non-hydrogen) atoms. The minimum Gasteiger partial charge on any atom is -0.361 e. The van der Waals surface area contributed by atoms with E-state index in [0.717, 1.165) is 30.8 Å². The van der Waals surface area contributed by atoms with Gasteiger partial charge in [0.15, 0.2) is 0 Å². The number of carbonyl (C=O) groups is 2. The van der Waals surface area contributed by atoms with Gasteiger partial charge in [-0.15, -0.1) is 0 Å². The van der Waals surface area contributed by atoms with Gasteiger partial charge in [-0.2, -0.15) is 0 Å². The predicted octanol–water partition coefficient (Wildman–Crippen LogP) is 4.31. The van der Waals surface area contributed by atoms with Gasteiger partial charge in [-0.05, 0) is 31.1 Å². The zero-order chi connectivity index (χ0) is 22.2. The molecular weight excluding hydrogens is 402 g/mol. The van der Waals surface area contributed by atoms with Crippen molar-refractivity contribution >= 4 is 11.8 Å². The van der Waals surface area contributed by atoms with Crippen LogP contribution < -0.4 is 0 Å². The average Bonchev–Trinajstić information content (AvgIpc) is 3.55. The highest BCUT2D eigenvalue weighted by molar-refractivity contribution is 5.85. The van der Waals surface area contributed by atoms with Crippen molar-refractivity contribution in [3.63, 3.8) is 0 Å². The van der Waals surface area contributed by atoms with Crippen LogP contribution in [-0.4, -0.2) is 52.9 Å². The monoisotopic (exact) mass is 435 g/mol. The van der Waals surface area contributed by atoms with Gasteiger partial charge in [0.05, 0.1) is 5.41 Å². The Morgan fingerprint density at radius 2 is 1.72 bits per heavy atom. The van der Waals surface area contributed by atoms with Crippen LogP contribution in [0.15, 0.2) is 40.9 Å². The molecule has 1 aromatic heterocycles. The molecule has 0 bridgehead atoms. The Kier molecular flexibility index (Phi) is 5.56. The number of carbonyl (C=O) groups excluding carboxylic acids is 2. The molecule has 1 aliphatic carbocycles. The minimum atomic E-state index is -0.626. The third-order valence-electron chi connectivity index (χ3n) is 8.03. The smallest absolute Gasteiger partial charge is 0.231 e. The minimum absolute atomic E-state index is 0.0346. The summed E-state index contributed by atoms with van der Waals surface area (Å²) in [6.07, 6.45) is 8.65. The van der Waals surface area contributed by atoms with E-state index in [4.69, 9.17) is 4.52 Å². The molecule has 3 aliphatic rings. The number of hydrogen-bond donors (Lipinski definition) is 0. The molecular formula is C26H33N3O3. The maximum atomic E-state index is 14.0. The molecule has 3 heterocycles. The quantitative estimate of drug-likeness (QED) is 0.718. The van der Waals surface area contributed by atoms with E-state index in [-0.39, 0.29) is 11.8 Å². The lowest BCUT2D eigenvalue weighted by atomic mass is 9.73. The van der Waals surface area contributed by atoms with Gasteiger partial charge in [0, 0.05) is 51.2 Å². The second-order valence-corrected chi connectivity index (χ2v) is 10.2. The van der Waals surface area contributed by atoms with Gasteiger partial charge in [-0.1, -0.05) is 54.8 Å². The molecule has 1 spiro atoms. The van der Waals surface area contributed by atoms with E-state index in [1.807, 2.05) is 41.3 Å².